The molecule has 1 saturated heterocycles. The van der Waals surface area contributed by atoms with E-state index in [2.05, 4.69) is 32.6 Å². The normalized spacial score (nSPS) is 22.3. The van der Waals surface area contributed by atoms with Crippen molar-refractivity contribution in [3.05, 3.63) is 21.9 Å². The molecular weight excluding hydrogens is 262 g/mol. The Bertz CT molecular complexity index is 463. The predicted molar refractivity (Wildman–Crippen MR) is 75.8 cm³/mol. The Labute approximate surface area is 118 Å². The molecule has 0 amide bonds. The fourth-order valence-electron chi connectivity index (χ4n) is 2.86. The minimum Gasteiger partial charge on any atom is -0.477 e. The van der Waals surface area contributed by atoms with Gasteiger partial charge in [-0.25, -0.2) is 4.79 Å². The molecule has 4 nitrogen and oxygen atoms in total. The summed E-state index contributed by atoms with van der Waals surface area (Å²) in [6.07, 6.45) is 0. The van der Waals surface area contributed by atoms with Gasteiger partial charge in [-0.1, -0.05) is 0 Å². The first-order valence-electron chi connectivity index (χ1n) is 6.41. The van der Waals surface area contributed by atoms with E-state index in [1.54, 1.807) is 6.07 Å². The highest BCUT2D eigenvalue weighted by molar-refractivity contribution is 7.13. The van der Waals surface area contributed by atoms with Crippen molar-refractivity contribution in [3.63, 3.8) is 0 Å². The highest BCUT2D eigenvalue weighted by atomic mass is 32.1. The molecule has 0 atom stereocenters. The molecule has 0 unspecified atom stereocenters. The molecule has 1 aliphatic heterocycles. The number of carbonyl (C=O) groups is 1. The van der Waals surface area contributed by atoms with E-state index in [1.165, 1.54) is 11.3 Å². The van der Waals surface area contributed by atoms with E-state index in [9.17, 15) is 4.79 Å². The average molecular weight is 283 g/mol. The standard InChI is InChI=1S/C14H21NO3S/c1-13(2)8-15(9-14(3,4)18-13)7-10-5-6-11(19-10)12(16)17/h5-6H,7-9H2,1-4H3,(H,16,17). The topological polar surface area (TPSA) is 49.8 Å². The monoisotopic (exact) mass is 283 g/mol. The first-order valence-corrected chi connectivity index (χ1v) is 7.23. The minimum absolute atomic E-state index is 0.172. The highest BCUT2D eigenvalue weighted by Gasteiger charge is 2.38. The highest BCUT2D eigenvalue weighted by Crippen LogP contribution is 2.30. The minimum atomic E-state index is -0.848. The molecule has 0 saturated carbocycles. The zero-order valence-electron chi connectivity index (χ0n) is 11.9. The molecule has 0 aromatic carbocycles. The van der Waals surface area contributed by atoms with Gasteiger partial charge in [-0.2, -0.15) is 0 Å². The van der Waals surface area contributed by atoms with Gasteiger partial charge in [0.15, 0.2) is 0 Å². The number of carboxylic acid groups (broad SMARTS) is 1. The Morgan fingerprint density at radius 2 is 1.89 bits per heavy atom. The quantitative estimate of drug-likeness (QED) is 0.926. The van der Waals surface area contributed by atoms with Crippen LogP contribution in [0, 0.1) is 0 Å². The number of carboxylic acids is 1. The van der Waals surface area contributed by atoms with Crippen LogP contribution in [0.3, 0.4) is 0 Å². The Kier molecular flexibility index (Phi) is 3.73. The molecule has 1 aromatic rings. The van der Waals surface area contributed by atoms with Crippen LogP contribution >= 0.6 is 11.3 Å². The SMILES string of the molecule is CC1(C)CN(Cc2ccc(C(=O)O)s2)CC(C)(C)O1. The van der Waals surface area contributed by atoms with Gasteiger partial charge >= 0.3 is 5.97 Å². The van der Waals surface area contributed by atoms with Crippen LogP contribution in [-0.2, 0) is 11.3 Å². The zero-order valence-corrected chi connectivity index (χ0v) is 12.7. The lowest BCUT2D eigenvalue weighted by molar-refractivity contribution is -0.182. The van der Waals surface area contributed by atoms with Crippen molar-refractivity contribution >= 4 is 17.3 Å². The summed E-state index contributed by atoms with van der Waals surface area (Å²) in [7, 11) is 0. The molecule has 19 heavy (non-hydrogen) atoms. The maximum atomic E-state index is 10.9. The molecule has 2 rings (SSSR count). The third kappa shape index (κ3) is 3.78. The fourth-order valence-corrected chi connectivity index (χ4v) is 3.74. The van der Waals surface area contributed by atoms with Gasteiger partial charge < -0.3 is 9.84 Å². The van der Waals surface area contributed by atoms with Crippen LogP contribution in [0.4, 0.5) is 0 Å². The van der Waals surface area contributed by atoms with Gasteiger partial charge in [0.2, 0.25) is 0 Å². The van der Waals surface area contributed by atoms with E-state index in [-0.39, 0.29) is 11.2 Å². The first kappa shape index (κ1) is 14.5. The number of hydrogen-bond acceptors (Lipinski definition) is 4. The van der Waals surface area contributed by atoms with Gasteiger partial charge in [-0.3, -0.25) is 4.90 Å². The lowest BCUT2D eigenvalue weighted by atomic mass is 9.99. The van der Waals surface area contributed by atoms with Crippen molar-refractivity contribution in [1.82, 2.24) is 4.90 Å². The summed E-state index contributed by atoms with van der Waals surface area (Å²) in [4.78, 5) is 14.7. The van der Waals surface area contributed by atoms with Crippen LogP contribution in [0.25, 0.3) is 0 Å². The second-order valence-corrected chi connectivity index (χ2v) is 7.51. The molecule has 0 spiro atoms. The Hall–Kier alpha value is -0.910. The molecule has 1 aliphatic rings. The molecule has 0 aliphatic carbocycles. The summed E-state index contributed by atoms with van der Waals surface area (Å²) in [6, 6.07) is 3.59. The maximum absolute atomic E-state index is 10.9. The molecule has 5 heteroatoms. The molecule has 1 fully saturated rings. The van der Waals surface area contributed by atoms with E-state index >= 15 is 0 Å². The van der Waals surface area contributed by atoms with Crippen molar-refractivity contribution < 1.29 is 14.6 Å². The van der Waals surface area contributed by atoms with Gasteiger partial charge in [0.05, 0.1) is 11.2 Å². The van der Waals surface area contributed by atoms with Crippen molar-refractivity contribution in [2.24, 2.45) is 0 Å². The summed E-state index contributed by atoms with van der Waals surface area (Å²) in [5.41, 5.74) is -0.344. The third-order valence-electron chi connectivity index (χ3n) is 3.01. The molecular formula is C14H21NO3S. The second kappa shape index (κ2) is 4.89. The molecule has 1 N–H and O–H groups in total. The van der Waals surface area contributed by atoms with Crippen molar-refractivity contribution in [3.8, 4) is 0 Å². The summed E-state index contributed by atoms with van der Waals surface area (Å²) in [5, 5.41) is 8.95. The predicted octanol–water partition coefficient (Wildman–Crippen LogP) is 2.84. The van der Waals surface area contributed by atoms with Crippen molar-refractivity contribution in [2.75, 3.05) is 13.1 Å². The molecule has 1 aromatic heterocycles. The number of thiophene rings is 1. The fraction of sp³-hybridized carbons (Fsp3) is 0.643. The molecule has 106 valence electrons. The lowest BCUT2D eigenvalue weighted by Gasteiger charge is -2.47. The number of morpholine rings is 1. The van der Waals surface area contributed by atoms with Gasteiger partial charge in [0, 0.05) is 24.5 Å². The lowest BCUT2D eigenvalue weighted by Crippen LogP contribution is -2.56. The van der Waals surface area contributed by atoms with Gasteiger partial charge in [-0.05, 0) is 39.8 Å². The van der Waals surface area contributed by atoms with Gasteiger partial charge in [-0.15, -0.1) is 11.3 Å². The van der Waals surface area contributed by atoms with Crippen LogP contribution in [0.1, 0.15) is 42.2 Å². The smallest absolute Gasteiger partial charge is 0.345 e. The summed E-state index contributed by atoms with van der Waals surface area (Å²) >= 11 is 1.35. The number of nitrogens with zero attached hydrogens (tertiary/aromatic N) is 1. The third-order valence-corrected chi connectivity index (χ3v) is 4.07. The van der Waals surface area contributed by atoms with E-state index in [0.717, 1.165) is 24.5 Å². The molecule has 0 radical (unpaired) electrons. The zero-order chi connectivity index (χ0) is 14.3. The van der Waals surface area contributed by atoms with Crippen LogP contribution < -0.4 is 0 Å². The number of rotatable bonds is 3. The van der Waals surface area contributed by atoms with E-state index < -0.39 is 5.97 Å². The molecule has 0 bridgehead atoms. The maximum Gasteiger partial charge on any atom is 0.345 e. The number of hydrogen-bond donors (Lipinski definition) is 1. The number of ether oxygens (including phenoxy) is 1. The Balaban J connectivity index is 2.07. The van der Waals surface area contributed by atoms with E-state index in [1.807, 2.05) is 6.07 Å². The second-order valence-electron chi connectivity index (χ2n) is 6.34. The van der Waals surface area contributed by atoms with Crippen molar-refractivity contribution in [1.29, 1.82) is 0 Å². The summed E-state index contributed by atoms with van der Waals surface area (Å²) in [6.45, 7) is 10.9. The number of aromatic carboxylic acids is 1. The van der Waals surface area contributed by atoms with Crippen LogP contribution in [0.15, 0.2) is 12.1 Å². The van der Waals surface area contributed by atoms with Crippen molar-refractivity contribution in [2.45, 2.75) is 45.4 Å². The van der Waals surface area contributed by atoms with E-state index in [4.69, 9.17) is 9.84 Å². The largest absolute Gasteiger partial charge is 0.477 e. The van der Waals surface area contributed by atoms with Crippen LogP contribution in [0.2, 0.25) is 0 Å². The Morgan fingerprint density at radius 3 is 2.37 bits per heavy atom. The van der Waals surface area contributed by atoms with Gasteiger partial charge in [0.1, 0.15) is 4.88 Å². The van der Waals surface area contributed by atoms with Gasteiger partial charge in [0.25, 0.3) is 0 Å². The van der Waals surface area contributed by atoms with Crippen LogP contribution in [-0.4, -0.2) is 40.3 Å². The van der Waals surface area contributed by atoms with Crippen LogP contribution in [0.5, 0.6) is 0 Å². The first-order chi connectivity index (χ1) is 8.67. The van der Waals surface area contributed by atoms with E-state index in [0.29, 0.717) is 4.88 Å². The summed E-state index contributed by atoms with van der Waals surface area (Å²) < 4.78 is 6.04. The molecule has 2 heterocycles. The average Bonchev–Trinajstić information content (AvgIpc) is 2.60. The summed E-state index contributed by atoms with van der Waals surface area (Å²) in [5.74, 6) is -0.848. The Morgan fingerprint density at radius 1 is 1.32 bits per heavy atom.